The van der Waals surface area contributed by atoms with E-state index in [-0.39, 0.29) is 0 Å². The molecule has 26 heavy (non-hydrogen) atoms. The number of aromatic amines is 1. The Morgan fingerprint density at radius 1 is 0.923 bits per heavy atom. The number of para-hydroxylation sites is 1. The minimum atomic E-state index is 0.397. The van der Waals surface area contributed by atoms with Crippen LogP contribution in [0.3, 0.4) is 0 Å². The van der Waals surface area contributed by atoms with Crippen molar-refractivity contribution in [2.24, 2.45) is 0 Å². The van der Waals surface area contributed by atoms with Crippen LogP contribution in [0.1, 0.15) is 5.69 Å². The molecule has 5 aromatic rings. The van der Waals surface area contributed by atoms with Gasteiger partial charge in [0.2, 0.25) is 0 Å². The van der Waals surface area contributed by atoms with Crippen molar-refractivity contribution in [1.29, 1.82) is 0 Å². The molecule has 0 aliphatic rings. The van der Waals surface area contributed by atoms with Gasteiger partial charge in [0.25, 0.3) is 0 Å². The molecule has 6 nitrogen and oxygen atoms in total. The number of nitrogens with two attached hydrogens (primary N) is 1. The Morgan fingerprint density at radius 3 is 2.62 bits per heavy atom. The molecule has 5 rings (SSSR count). The van der Waals surface area contributed by atoms with Crippen molar-refractivity contribution in [2.75, 3.05) is 5.73 Å². The van der Waals surface area contributed by atoms with Gasteiger partial charge in [-0.15, -0.1) is 0 Å². The second-order valence-electron chi connectivity index (χ2n) is 6.19. The maximum Gasteiger partial charge on any atom is 0.165 e. The van der Waals surface area contributed by atoms with Gasteiger partial charge in [-0.2, -0.15) is 0 Å². The lowest BCUT2D eigenvalue weighted by Gasteiger charge is -2.07. The minimum absolute atomic E-state index is 0.397. The SMILES string of the molecule is Nc1ncnc2c1ncn2Cc1[nH]c2ccccc2c1-c1ccccc1. The lowest BCUT2D eigenvalue weighted by atomic mass is 10.0. The number of benzene rings is 2. The van der Waals surface area contributed by atoms with Crippen molar-refractivity contribution in [3.05, 3.63) is 72.9 Å². The molecule has 3 N–H and O–H groups in total. The third-order valence-corrected chi connectivity index (χ3v) is 4.60. The average Bonchev–Trinajstić information content (AvgIpc) is 3.25. The van der Waals surface area contributed by atoms with Gasteiger partial charge in [0.1, 0.15) is 11.8 Å². The summed E-state index contributed by atoms with van der Waals surface area (Å²) in [4.78, 5) is 16.3. The topological polar surface area (TPSA) is 85.4 Å². The molecule has 6 heteroatoms. The van der Waals surface area contributed by atoms with E-state index in [1.165, 1.54) is 22.8 Å². The fraction of sp³-hybridized carbons (Fsp3) is 0.0500. The van der Waals surface area contributed by atoms with Crippen LogP contribution in [-0.4, -0.2) is 24.5 Å². The molecular formula is C20H16N6. The quantitative estimate of drug-likeness (QED) is 0.525. The molecule has 0 aliphatic carbocycles. The van der Waals surface area contributed by atoms with E-state index in [2.05, 4.69) is 62.4 Å². The van der Waals surface area contributed by atoms with Gasteiger partial charge in [-0.05, 0) is 11.6 Å². The predicted molar refractivity (Wildman–Crippen MR) is 103 cm³/mol. The Balaban J connectivity index is 1.70. The largest absolute Gasteiger partial charge is 0.382 e. The van der Waals surface area contributed by atoms with E-state index >= 15 is 0 Å². The lowest BCUT2D eigenvalue weighted by molar-refractivity contribution is 0.797. The summed E-state index contributed by atoms with van der Waals surface area (Å²) in [5.74, 6) is 0.397. The summed E-state index contributed by atoms with van der Waals surface area (Å²) in [6.07, 6.45) is 3.23. The zero-order valence-corrected chi connectivity index (χ0v) is 13.9. The van der Waals surface area contributed by atoms with E-state index < -0.39 is 0 Å². The van der Waals surface area contributed by atoms with E-state index in [4.69, 9.17) is 5.73 Å². The van der Waals surface area contributed by atoms with Crippen LogP contribution >= 0.6 is 0 Å². The number of anilines is 1. The smallest absolute Gasteiger partial charge is 0.165 e. The first-order valence-corrected chi connectivity index (χ1v) is 8.37. The van der Waals surface area contributed by atoms with E-state index in [0.29, 0.717) is 17.9 Å². The van der Waals surface area contributed by atoms with Gasteiger partial charge >= 0.3 is 0 Å². The highest BCUT2D eigenvalue weighted by atomic mass is 15.1. The molecule has 0 aliphatic heterocycles. The summed E-state index contributed by atoms with van der Waals surface area (Å²) >= 11 is 0. The van der Waals surface area contributed by atoms with Crippen LogP contribution in [-0.2, 0) is 6.54 Å². The highest BCUT2D eigenvalue weighted by Crippen LogP contribution is 2.33. The van der Waals surface area contributed by atoms with Crippen LogP contribution in [0.25, 0.3) is 33.2 Å². The summed E-state index contributed by atoms with van der Waals surface area (Å²) in [6, 6.07) is 18.7. The molecule has 0 atom stereocenters. The lowest BCUT2D eigenvalue weighted by Crippen LogP contribution is -2.02. The van der Waals surface area contributed by atoms with Gasteiger partial charge in [-0.3, -0.25) is 0 Å². The predicted octanol–water partition coefficient (Wildman–Crippen LogP) is 3.61. The number of fused-ring (bicyclic) bond motifs is 2. The second kappa shape index (κ2) is 5.70. The third-order valence-electron chi connectivity index (χ3n) is 4.60. The third kappa shape index (κ3) is 2.23. The number of aromatic nitrogens is 5. The number of hydrogen-bond acceptors (Lipinski definition) is 4. The van der Waals surface area contributed by atoms with Crippen molar-refractivity contribution in [1.82, 2.24) is 24.5 Å². The van der Waals surface area contributed by atoms with Crippen molar-refractivity contribution in [3.63, 3.8) is 0 Å². The van der Waals surface area contributed by atoms with Crippen molar-refractivity contribution in [3.8, 4) is 11.1 Å². The van der Waals surface area contributed by atoms with Crippen LogP contribution in [0, 0.1) is 0 Å². The monoisotopic (exact) mass is 340 g/mol. The summed E-state index contributed by atoms with van der Waals surface area (Å²) in [6.45, 7) is 0.617. The summed E-state index contributed by atoms with van der Waals surface area (Å²) in [7, 11) is 0. The highest BCUT2D eigenvalue weighted by Gasteiger charge is 2.15. The first kappa shape index (κ1) is 14.7. The molecular weight excluding hydrogens is 324 g/mol. The van der Waals surface area contributed by atoms with Gasteiger partial charge in [-0.1, -0.05) is 48.5 Å². The zero-order valence-electron chi connectivity index (χ0n) is 13.9. The van der Waals surface area contributed by atoms with Gasteiger partial charge < -0.3 is 15.3 Å². The zero-order chi connectivity index (χ0) is 17.5. The van der Waals surface area contributed by atoms with Crippen LogP contribution in [0.15, 0.2) is 67.3 Å². The molecule has 0 radical (unpaired) electrons. The Hall–Kier alpha value is -3.67. The molecule has 0 spiro atoms. The van der Waals surface area contributed by atoms with Crippen molar-refractivity contribution < 1.29 is 0 Å². The van der Waals surface area contributed by atoms with Gasteiger partial charge in [0.05, 0.1) is 12.9 Å². The van der Waals surface area contributed by atoms with Crippen molar-refractivity contribution >= 4 is 27.9 Å². The highest BCUT2D eigenvalue weighted by molar-refractivity contribution is 5.97. The van der Waals surface area contributed by atoms with Crippen molar-refractivity contribution in [2.45, 2.75) is 6.54 Å². The standard InChI is InChI=1S/C20H16N6/c21-19-18-20(23-11-22-19)26(12-24-18)10-16-17(13-6-2-1-3-7-13)14-8-4-5-9-15(14)25-16/h1-9,11-12,25H,10H2,(H2,21,22,23). The summed E-state index contributed by atoms with van der Waals surface area (Å²) in [5.41, 5.74) is 11.9. The summed E-state index contributed by atoms with van der Waals surface area (Å²) in [5, 5.41) is 1.20. The van der Waals surface area contributed by atoms with Gasteiger partial charge in [-0.25, -0.2) is 15.0 Å². The van der Waals surface area contributed by atoms with Crippen LogP contribution in [0.5, 0.6) is 0 Å². The molecule has 0 amide bonds. The Labute approximate surface area is 149 Å². The van der Waals surface area contributed by atoms with Crippen LogP contribution < -0.4 is 5.73 Å². The number of nitrogens with zero attached hydrogens (tertiary/aromatic N) is 4. The molecule has 0 saturated heterocycles. The second-order valence-corrected chi connectivity index (χ2v) is 6.19. The number of nitrogen functional groups attached to an aromatic ring is 1. The molecule has 2 aromatic carbocycles. The Bertz CT molecular complexity index is 1220. The fourth-order valence-corrected chi connectivity index (χ4v) is 3.44. The molecule has 3 heterocycles. The van der Waals surface area contributed by atoms with Crippen LogP contribution in [0.2, 0.25) is 0 Å². The maximum atomic E-state index is 5.91. The number of nitrogens with one attached hydrogen (secondary N) is 1. The normalized spacial score (nSPS) is 11.4. The average molecular weight is 340 g/mol. The number of hydrogen-bond donors (Lipinski definition) is 2. The van der Waals surface area contributed by atoms with Gasteiger partial charge in [0.15, 0.2) is 11.5 Å². The number of imidazole rings is 1. The Kier molecular flexibility index (Phi) is 3.21. The van der Waals surface area contributed by atoms with Gasteiger partial charge in [0, 0.05) is 22.2 Å². The van der Waals surface area contributed by atoms with E-state index in [9.17, 15) is 0 Å². The minimum Gasteiger partial charge on any atom is -0.382 e. The first-order valence-electron chi connectivity index (χ1n) is 8.37. The molecule has 0 fully saturated rings. The molecule has 0 bridgehead atoms. The molecule has 3 aromatic heterocycles. The number of H-pyrrole nitrogens is 1. The fourth-order valence-electron chi connectivity index (χ4n) is 3.44. The Morgan fingerprint density at radius 2 is 1.73 bits per heavy atom. The van der Waals surface area contributed by atoms with E-state index in [0.717, 1.165) is 16.9 Å². The van der Waals surface area contributed by atoms with E-state index in [1.807, 2.05) is 16.7 Å². The van der Waals surface area contributed by atoms with Crippen LogP contribution in [0.4, 0.5) is 5.82 Å². The summed E-state index contributed by atoms with van der Waals surface area (Å²) < 4.78 is 1.99. The molecule has 126 valence electrons. The maximum absolute atomic E-state index is 5.91. The first-order chi connectivity index (χ1) is 12.8. The number of rotatable bonds is 3. The van der Waals surface area contributed by atoms with E-state index in [1.54, 1.807) is 6.33 Å². The molecule has 0 saturated carbocycles. The molecule has 0 unspecified atom stereocenters.